The van der Waals surface area contributed by atoms with E-state index < -0.39 is 0 Å². The number of carbonyl (C=O) groups is 1. The molecule has 1 aromatic heterocycles. The highest BCUT2D eigenvalue weighted by Gasteiger charge is 2.33. The molecule has 1 fully saturated rings. The Bertz CT molecular complexity index is 963. The molecule has 0 atom stereocenters. The summed E-state index contributed by atoms with van der Waals surface area (Å²) in [5.41, 5.74) is 3.70. The zero-order chi connectivity index (χ0) is 18.2. The highest BCUT2D eigenvalue weighted by Crippen LogP contribution is 2.35. The van der Waals surface area contributed by atoms with E-state index in [0.29, 0.717) is 18.2 Å². The summed E-state index contributed by atoms with van der Waals surface area (Å²) < 4.78 is 10.8. The number of ether oxygens (including phenoxy) is 2. The number of hydrogen-bond acceptors (Lipinski definition) is 4. The van der Waals surface area contributed by atoms with Crippen molar-refractivity contribution in [1.29, 1.82) is 0 Å². The summed E-state index contributed by atoms with van der Waals surface area (Å²) >= 11 is 0. The Morgan fingerprint density at radius 2 is 1.89 bits per heavy atom. The molecule has 0 saturated heterocycles. The first-order chi connectivity index (χ1) is 13.3. The van der Waals surface area contributed by atoms with E-state index in [9.17, 15) is 4.79 Å². The Morgan fingerprint density at radius 3 is 2.63 bits per heavy atom. The summed E-state index contributed by atoms with van der Waals surface area (Å²) in [6.07, 6.45) is 3.83. The SMILES string of the molecule is O=C(c1ccc(-c2ccn[nH]2)cc1)N(Cc1ccc2c(c1)OCO2)C1CC1. The normalized spacial score (nSPS) is 15.0. The third-order valence-corrected chi connectivity index (χ3v) is 4.98. The minimum absolute atomic E-state index is 0.0614. The highest BCUT2D eigenvalue weighted by molar-refractivity contribution is 5.95. The van der Waals surface area contributed by atoms with E-state index in [1.54, 1.807) is 6.20 Å². The molecule has 6 heteroatoms. The third-order valence-electron chi connectivity index (χ3n) is 4.98. The molecule has 1 saturated carbocycles. The molecule has 1 amide bonds. The van der Waals surface area contributed by atoms with Crippen LogP contribution in [0, 0.1) is 0 Å². The second-order valence-electron chi connectivity index (χ2n) is 6.90. The number of hydrogen-bond donors (Lipinski definition) is 1. The number of aromatic amines is 1. The van der Waals surface area contributed by atoms with E-state index in [2.05, 4.69) is 10.2 Å². The van der Waals surface area contributed by atoms with Crippen LogP contribution in [0.1, 0.15) is 28.8 Å². The maximum Gasteiger partial charge on any atom is 0.254 e. The van der Waals surface area contributed by atoms with Gasteiger partial charge in [-0.1, -0.05) is 18.2 Å². The van der Waals surface area contributed by atoms with Crippen LogP contribution in [0.2, 0.25) is 0 Å². The van der Waals surface area contributed by atoms with Crippen LogP contribution in [0.4, 0.5) is 0 Å². The molecular weight excluding hydrogens is 342 g/mol. The Morgan fingerprint density at radius 1 is 1.07 bits per heavy atom. The molecule has 3 aromatic rings. The van der Waals surface area contributed by atoms with Crippen LogP contribution in [0.25, 0.3) is 11.3 Å². The Kier molecular flexibility index (Phi) is 3.81. The minimum atomic E-state index is 0.0614. The van der Waals surface area contributed by atoms with Gasteiger partial charge in [0, 0.05) is 24.3 Å². The van der Waals surface area contributed by atoms with Crippen molar-refractivity contribution in [3.8, 4) is 22.8 Å². The molecule has 2 aromatic carbocycles. The molecule has 1 aliphatic heterocycles. The number of H-pyrrole nitrogens is 1. The first kappa shape index (κ1) is 15.9. The monoisotopic (exact) mass is 361 g/mol. The Hall–Kier alpha value is -3.28. The van der Waals surface area contributed by atoms with Crippen LogP contribution >= 0.6 is 0 Å². The first-order valence-corrected chi connectivity index (χ1v) is 9.07. The van der Waals surface area contributed by atoms with E-state index in [0.717, 1.165) is 41.2 Å². The van der Waals surface area contributed by atoms with Gasteiger partial charge in [-0.05, 0) is 54.3 Å². The number of carbonyl (C=O) groups excluding carboxylic acids is 1. The van der Waals surface area contributed by atoms with Gasteiger partial charge in [0.15, 0.2) is 11.5 Å². The lowest BCUT2D eigenvalue weighted by Gasteiger charge is -2.23. The van der Waals surface area contributed by atoms with E-state index in [1.807, 2.05) is 53.4 Å². The summed E-state index contributed by atoms with van der Waals surface area (Å²) in [7, 11) is 0. The largest absolute Gasteiger partial charge is 0.454 e. The van der Waals surface area contributed by atoms with Gasteiger partial charge in [-0.2, -0.15) is 5.10 Å². The second kappa shape index (κ2) is 6.46. The molecule has 0 radical (unpaired) electrons. The van der Waals surface area contributed by atoms with Crippen LogP contribution in [0.5, 0.6) is 11.5 Å². The number of aromatic nitrogens is 2. The van der Waals surface area contributed by atoms with Crippen molar-refractivity contribution >= 4 is 5.91 Å². The highest BCUT2D eigenvalue weighted by atomic mass is 16.7. The van der Waals surface area contributed by atoms with Crippen LogP contribution in [-0.2, 0) is 6.54 Å². The summed E-state index contributed by atoms with van der Waals surface area (Å²) in [6, 6.07) is 15.8. The standard InChI is InChI=1S/C21H19N3O3/c25-21(16-4-2-15(3-5-16)18-9-10-22-23-18)24(17-6-7-17)12-14-1-8-19-20(11-14)27-13-26-19/h1-5,8-11,17H,6-7,12-13H2,(H,22,23). The lowest BCUT2D eigenvalue weighted by Crippen LogP contribution is -2.32. The average Bonchev–Trinajstić information content (AvgIpc) is 3.19. The molecule has 0 spiro atoms. The maximum atomic E-state index is 13.1. The van der Waals surface area contributed by atoms with Crippen molar-refractivity contribution < 1.29 is 14.3 Å². The van der Waals surface area contributed by atoms with Gasteiger partial charge in [-0.3, -0.25) is 9.89 Å². The fraction of sp³-hybridized carbons (Fsp3) is 0.238. The van der Waals surface area contributed by atoms with Gasteiger partial charge in [0.1, 0.15) is 0 Å². The molecule has 0 unspecified atom stereocenters. The van der Waals surface area contributed by atoms with E-state index >= 15 is 0 Å². The van der Waals surface area contributed by atoms with Crippen LogP contribution in [0.3, 0.4) is 0 Å². The molecule has 2 heterocycles. The van der Waals surface area contributed by atoms with Gasteiger partial charge in [-0.25, -0.2) is 0 Å². The molecular formula is C21H19N3O3. The number of nitrogens with zero attached hydrogens (tertiary/aromatic N) is 2. The van der Waals surface area contributed by atoms with Crippen molar-refractivity contribution in [1.82, 2.24) is 15.1 Å². The number of fused-ring (bicyclic) bond motifs is 1. The van der Waals surface area contributed by atoms with E-state index in [-0.39, 0.29) is 12.7 Å². The van der Waals surface area contributed by atoms with E-state index in [1.165, 1.54) is 0 Å². The molecule has 27 heavy (non-hydrogen) atoms. The van der Waals surface area contributed by atoms with Crippen molar-refractivity contribution in [2.75, 3.05) is 6.79 Å². The van der Waals surface area contributed by atoms with Crippen molar-refractivity contribution in [2.24, 2.45) is 0 Å². The quantitative estimate of drug-likeness (QED) is 0.754. The molecule has 6 nitrogen and oxygen atoms in total. The molecule has 5 rings (SSSR count). The van der Waals surface area contributed by atoms with Crippen LogP contribution in [0.15, 0.2) is 54.7 Å². The molecule has 2 aliphatic rings. The summed E-state index contributed by atoms with van der Waals surface area (Å²) in [6.45, 7) is 0.829. The zero-order valence-electron chi connectivity index (χ0n) is 14.7. The van der Waals surface area contributed by atoms with Crippen molar-refractivity contribution in [3.63, 3.8) is 0 Å². The van der Waals surface area contributed by atoms with Gasteiger partial charge in [0.2, 0.25) is 6.79 Å². The van der Waals surface area contributed by atoms with Crippen LogP contribution in [-0.4, -0.2) is 33.8 Å². The number of nitrogens with one attached hydrogen (secondary N) is 1. The van der Waals surface area contributed by atoms with Crippen molar-refractivity contribution in [3.05, 3.63) is 65.9 Å². The third kappa shape index (κ3) is 3.14. The molecule has 1 aliphatic carbocycles. The van der Waals surface area contributed by atoms with Crippen LogP contribution < -0.4 is 9.47 Å². The van der Waals surface area contributed by atoms with Crippen molar-refractivity contribution in [2.45, 2.75) is 25.4 Å². The fourth-order valence-corrected chi connectivity index (χ4v) is 3.36. The number of amides is 1. The van der Waals surface area contributed by atoms with Gasteiger partial charge in [0.05, 0.1) is 5.69 Å². The second-order valence-corrected chi connectivity index (χ2v) is 6.90. The van der Waals surface area contributed by atoms with Gasteiger partial charge in [-0.15, -0.1) is 0 Å². The predicted molar refractivity (Wildman–Crippen MR) is 99.5 cm³/mol. The zero-order valence-corrected chi connectivity index (χ0v) is 14.7. The molecule has 0 bridgehead atoms. The fourth-order valence-electron chi connectivity index (χ4n) is 3.36. The summed E-state index contributed by atoms with van der Waals surface area (Å²) in [4.78, 5) is 15.1. The first-order valence-electron chi connectivity index (χ1n) is 9.07. The average molecular weight is 361 g/mol. The topological polar surface area (TPSA) is 67.5 Å². The smallest absolute Gasteiger partial charge is 0.254 e. The van der Waals surface area contributed by atoms with Gasteiger partial charge in [0.25, 0.3) is 5.91 Å². The van der Waals surface area contributed by atoms with Gasteiger partial charge < -0.3 is 14.4 Å². The molecule has 136 valence electrons. The predicted octanol–water partition coefficient (Wildman–Crippen LogP) is 3.61. The van der Waals surface area contributed by atoms with Gasteiger partial charge >= 0.3 is 0 Å². The lowest BCUT2D eigenvalue weighted by atomic mass is 10.1. The molecule has 1 N–H and O–H groups in total. The number of rotatable bonds is 5. The lowest BCUT2D eigenvalue weighted by molar-refractivity contribution is 0.0729. The maximum absolute atomic E-state index is 13.1. The Labute approximate surface area is 156 Å². The number of benzene rings is 2. The minimum Gasteiger partial charge on any atom is -0.454 e. The van der Waals surface area contributed by atoms with E-state index in [4.69, 9.17) is 9.47 Å². The summed E-state index contributed by atoms with van der Waals surface area (Å²) in [5, 5.41) is 6.91. The summed E-state index contributed by atoms with van der Waals surface area (Å²) in [5.74, 6) is 1.57. The Balaban J connectivity index is 1.36.